The highest BCUT2D eigenvalue weighted by molar-refractivity contribution is 5.93. The van der Waals surface area contributed by atoms with E-state index in [1.165, 1.54) is 0 Å². The molecule has 0 aliphatic heterocycles. The molecule has 1 saturated carbocycles. The lowest BCUT2D eigenvalue weighted by Gasteiger charge is -2.28. The van der Waals surface area contributed by atoms with Crippen molar-refractivity contribution in [2.45, 2.75) is 43.8 Å². The zero-order valence-electron chi connectivity index (χ0n) is 18.9. The van der Waals surface area contributed by atoms with E-state index in [1.807, 2.05) is 42.5 Å². The van der Waals surface area contributed by atoms with E-state index in [9.17, 15) is 18.0 Å². The van der Waals surface area contributed by atoms with Gasteiger partial charge < -0.3 is 15.4 Å². The average Bonchev–Trinajstić information content (AvgIpc) is 3.52. The van der Waals surface area contributed by atoms with Crippen LogP contribution in [0.4, 0.5) is 13.2 Å². The minimum atomic E-state index is -5.08. The number of carboxylic acids is 1. The number of aromatic amines is 2. The molecule has 0 radical (unpaired) electrons. The van der Waals surface area contributed by atoms with Crippen LogP contribution in [0.3, 0.4) is 0 Å². The van der Waals surface area contributed by atoms with Gasteiger partial charge in [-0.2, -0.15) is 18.3 Å². The van der Waals surface area contributed by atoms with E-state index in [2.05, 4.69) is 25.5 Å². The predicted octanol–water partition coefficient (Wildman–Crippen LogP) is 4.44. The van der Waals surface area contributed by atoms with Gasteiger partial charge in [0, 0.05) is 18.2 Å². The molecule has 3 heterocycles. The zero-order chi connectivity index (χ0) is 25.7. The number of carboxylic acid groups (broad SMARTS) is 1. The molecule has 1 amide bonds. The minimum Gasteiger partial charge on any atom is -0.475 e. The van der Waals surface area contributed by atoms with Crippen molar-refractivity contribution in [3.05, 3.63) is 66.2 Å². The third-order valence-corrected chi connectivity index (χ3v) is 5.80. The quantitative estimate of drug-likeness (QED) is 0.327. The number of imidazole rings is 1. The van der Waals surface area contributed by atoms with Gasteiger partial charge in [-0.3, -0.25) is 14.9 Å². The summed E-state index contributed by atoms with van der Waals surface area (Å²) < 4.78 is 31.7. The molecule has 4 N–H and O–H groups in total. The standard InChI is InChI=1S/C22H22N6O.C2HF3O2/c29-22(20-13-19(27-28-20)16-8-3-4-11-23-16)24-15-7-5-6-14(12-15)21-25-17-9-1-2-10-18(17)26-21;3-2(4,5)1(6)7/h1-4,8-11,13-15H,5-7,12H2,(H,24,29)(H,25,26)(H,27,28);(H,6,7). The number of hydrogen-bond donors (Lipinski definition) is 4. The summed E-state index contributed by atoms with van der Waals surface area (Å²) in [5, 5.41) is 17.3. The van der Waals surface area contributed by atoms with Crippen LogP contribution >= 0.6 is 0 Å². The largest absolute Gasteiger partial charge is 0.490 e. The van der Waals surface area contributed by atoms with E-state index in [1.54, 1.807) is 12.3 Å². The number of alkyl halides is 3. The highest BCUT2D eigenvalue weighted by atomic mass is 19.4. The zero-order valence-corrected chi connectivity index (χ0v) is 18.9. The number of hydrogen-bond acceptors (Lipinski definition) is 5. The first-order valence-corrected chi connectivity index (χ1v) is 11.2. The number of benzene rings is 1. The number of para-hydroxylation sites is 2. The number of nitrogens with one attached hydrogen (secondary N) is 3. The summed E-state index contributed by atoms with van der Waals surface area (Å²) >= 11 is 0. The van der Waals surface area contributed by atoms with Crippen LogP contribution < -0.4 is 5.32 Å². The Morgan fingerprint density at radius 2 is 1.81 bits per heavy atom. The molecule has 4 aromatic rings. The first kappa shape index (κ1) is 24.9. The molecule has 9 nitrogen and oxygen atoms in total. The fraction of sp³-hybridized carbons (Fsp3) is 0.292. The first-order valence-electron chi connectivity index (χ1n) is 11.2. The molecule has 3 aromatic heterocycles. The van der Waals surface area contributed by atoms with Gasteiger partial charge >= 0.3 is 12.1 Å². The van der Waals surface area contributed by atoms with Crippen molar-refractivity contribution in [2.24, 2.45) is 0 Å². The van der Waals surface area contributed by atoms with E-state index in [-0.39, 0.29) is 11.9 Å². The van der Waals surface area contributed by atoms with Gasteiger partial charge in [0.25, 0.3) is 5.91 Å². The number of fused-ring (bicyclic) bond motifs is 1. The average molecular weight is 500 g/mol. The summed E-state index contributed by atoms with van der Waals surface area (Å²) in [6, 6.07) is 15.6. The van der Waals surface area contributed by atoms with E-state index in [4.69, 9.17) is 14.9 Å². The Labute approximate surface area is 203 Å². The molecule has 5 rings (SSSR count). The van der Waals surface area contributed by atoms with Crippen LogP contribution in [-0.4, -0.2) is 54.4 Å². The van der Waals surface area contributed by atoms with Crippen molar-refractivity contribution >= 4 is 22.9 Å². The number of aliphatic carboxylic acids is 1. The van der Waals surface area contributed by atoms with E-state index in [0.717, 1.165) is 48.2 Å². The number of H-pyrrole nitrogens is 2. The third-order valence-electron chi connectivity index (χ3n) is 5.80. The maximum absolute atomic E-state index is 12.7. The molecule has 1 aliphatic rings. The van der Waals surface area contributed by atoms with Crippen LogP contribution in [0.5, 0.6) is 0 Å². The Bertz CT molecular complexity index is 1300. The SMILES string of the molecule is O=C(NC1CCCC(c2nc3ccccc3[nH]2)C1)c1cc(-c2ccccn2)n[nH]1.O=C(O)C(F)(F)F. The fourth-order valence-corrected chi connectivity index (χ4v) is 4.08. The van der Waals surface area contributed by atoms with Gasteiger partial charge in [-0.25, -0.2) is 9.78 Å². The van der Waals surface area contributed by atoms with Crippen molar-refractivity contribution in [3.63, 3.8) is 0 Å². The van der Waals surface area contributed by atoms with Gasteiger partial charge in [-0.15, -0.1) is 0 Å². The summed E-state index contributed by atoms with van der Waals surface area (Å²) in [7, 11) is 0. The molecule has 0 bridgehead atoms. The smallest absolute Gasteiger partial charge is 0.475 e. The minimum absolute atomic E-state index is 0.121. The number of carbonyl (C=O) groups is 2. The molecule has 1 aliphatic carbocycles. The lowest BCUT2D eigenvalue weighted by Crippen LogP contribution is -2.38. The summed E-state index contributed by atoms with van der Waals surface area (Å²) in [5.41, 5.74) is 3.92. The van der Waals surface area contributed by atoms with Gasteiger partial charge in [0.1, 0.15) is 17.2 Å². The Morgan fingerprint density at radius 1 is 1.06 bits per heavy atom. The van der Waals surface area contributed by atoms with Crippen molar-refractivity contribution in [3.8, 4) is 11.4 Å². The van der Waals surface area contributed by atoms with Crippen molar-refractivity contribution in [1.29, 1.82) is 0 Å². The van der Waals surface area contributed by atoms with E-state index in [0.29, 0.717) is 17.3 Å². The van der Waals surface area contributed by atoms with Gasteiger partial charge in [0.05, 0.1) is 16.7 Å². The molecule has 1 aromatic carbocycles. The summed E-state index contributed by atoms with van der Waals surface area (Å²) in [6.45, 7) is 0. The summed E-state index contributed by atoms with van der Waals surface area (Å²) in [4.78, 5) is 34.1. The van der Waals surface area contributed by atoms with Crippen LogP contribution in [-0.2, 0) is 4.79 Å². The van der Waals surface area contributed by atoms with Crippen LogP contribution in [0.25, 0.3) is 22.4 Å². The van der Waals surface area contributed by atoms with E-state index >= 15 is 0 Å². The number of nitrogens with zero attached hydrogens (tertiary/aromatic N) is 3. The van der Waals surface area contributed by atoms with Crippen molar-refractivity contribution < 1.29 is 27.9 Å². The normalized spacial score (nSPS) is 17.8. The maximum atomic E-state index is 12.7. The molecular weight excluding hydrogens is 477 g/mol. The van der Waals surface area contributed by atoms with E-state index < -0.39 is 12.1 Å². The van der Waals surface area contributed by atoms with Crippen molar-refractivity contribution in [1.82, 2.24) is 30.5 Å². The Balaban J connectivity index is 0.000000384. The second kappa shape index (κ2) is 10.6. The maximum Gasteiger partial charge on any atom is 0.490 e. The van der Waals surface area contributed by atoms with Crippen LogP contribution in [0, 0.1) is 0 Å². The second-order valence-electron chi connectivity index (χ2n) is 8.36. The Hall–Kier alpha value is -4.22. The van der Waals surface area contributed by atoms with Crippen LogP contribution in [0.15, 0.2) is 54.7 Å². The fourth-order valence-electron chi connectivity index (χ4n) is 4.08. The third kappa shape index (κ3) is 6.06. The van der Waals surface area contributed by atoms with Gasteiger partial charge in [-0.1, -0.05) is 24.6 Å². The monoisotopic (exact) mass is 500 g/mol. The van der Waals surface area contributed by atoms with Gasteiger partial charge in [0.2, 0.25) is 0 Å². The lowest BCUT2D eigenvalue weighted by atomic mass is 9.85. The summed E-state index contributed by atoms with van der Waals surface area (Å²) in [5.74, 6) is -1.54. The van der Waals surface area contributed by atoms with Crippen LogP contribution in [0.1, 0.15) is 47.9 Å². The Kier molecular flexibility index (Phi) is 7.32. The topological polar surface area (TPSA) is 137 Å². The molecule has 0 saturated heterocycles. The molecule has 2 unspecified atom stereocenters. The van der Waals surface area contributed by atoms with Gasteiger partial charge in [-0.05, 0) is 49.6 Å². The molecular formula is C24H23F3N6O3. The molecule has 12 heteroatoms. The number of carbonyl (C=O) groups excluding carboxylic acids is 1. The van der Waals surface area contributed by atoms with Crippen molar-refractivity contribution in [2.75, 3.05) is 0 Å². The second-order valence-corrected chi connectivity index (χ2v) is 8.36. The highest BCUT2D eigenvalue weighted by Crippen LogP contribution is 2.32. The molecule has 0 spiro atoms. The highest BCUT2D eigenvalue weighted by Gasteiger charge is 2.38. The Morgan fingerprint density at radius 3 is 2.50 bits per heavy atom. The predicted molar refractivity (Wildman–Crippen MR) is 124 cm³/mol. The number of aromatic nitrogens is 5. The van der Waals surface area contributed by atoms with Gasteiger partial charge in [0.15, 0.2) is 0 Å². The lowest BCUT2D eigenvalue weighted by molar-refractivity contribution is -0.192. The number of pyridine rings is 1. The molecule has 1 fully saturated rings. The molecule has 2 atom stereocenters. The number of rotatable bonds is 4. The number of halogens is 3. The van der Waals surface area contributed by atoms with Crippen LogP contribution in [0.2, 0.25) is 0 Å². The number of amides is 1. The molecule has 36 heavy (non-hydrogen) atoms. The first-order chi connectivity index (χ1) is 17.2. The molecule has 188 valence electrons. The summed E-state index contributed by atoms with van der Waals surface area (Å²) in [6.07, 6.45) is 0.634.